The number of nitrogens with one attached hydrogen (secondary N) is 2. The molecule has 0 bridgehead atoms. The van der Waals surface area contributed by atoms with E-state index in [0.717, 1.165) is 4.47 Å². The van der Waals surface area contributed by atoms with E-state index in [1.807, 2.05) is 12.1 Å². The van der Waals surface area contributed by atoms with Gasteiger partial charge in [0.05, 0.1) is 17.8 Å². The monoisotopic (exact) mass is 387 g/mol. The highest BCUT2D eigenvalue weighted by atomic mass is 79.9. The lowest BCUT2D eigenvalue weighted by Gasteiger charge is -2.09. The number of halogens is 1. The summed E-state index contributed by atoms with van der Waals surface area (Å²) < 4.78 is 6.04. The van der Waals surface area contributed by atoms with Crippen molar-refractivity contribution in [3.05, 3.63) is 58.6 Å². The number of nitrogens with zero attached hydrogens (tertiary/aromatic N) is 1. The zero-order valence-electron chi connectivity index (χ0n) is 12.6. The minimum Gasteiger partial charge on any atom is -0.482 e. The summed E-state index contributed by atoms with van der Waals surface area (Å²) in [5.74, 6) is -0.481. The molecule has 0 saturated carbocycles. The van der Waals surface area contributed by atoms with Crippen LogP contribution in [0.2, 0.25) is 0 Å². The lowest BCUT2D eigenvalue weighted by Crippen LogP contribution is -2.35. The van der Waals surface area contributed by atoms with E-state index >= 15 is 0 Å². The van der Waals surface area contributed by atoms with E-state index in [9.17, 15) is 9.59 Å². The molecule has 2 aromatic rings. The van der Waals surface area contributed by atoms with Crippen LogP contribution in [0, 0.1) is 11.3 Å². The van der Waals surface area contributed by atoms with Gasteiger partial charge in [0.25, 0.3) is 5.91 Å². The smallest absolute Gasteiger partial charge is 0.258 e. The molecule has 2 rings (SSSR count). The number of benzene rings is 2. The van der Waals surface area contributed by atoms with Gasteiger partial charge in [-0.2, -0.15) is 5.26 Å². The minimum atomic E-state index is -0.454. The van der Waals surface area contributed by atoms with E-state index in [1.54, 1.807) is 42.5 Å². The van der Waals surface area contributed by atoms with Crippen molar-refractivity contribution in [3.63, 3.8) is 0 Å². The van der Waals surface area contributed by atoms with Gasteiger partial charge in [0.15, 0.2) is 6.61 Å². The summed E-state index contributed by atoms with van der Waals surface area (Å²) in [5.41, 5.74) is 0.966. The van der Waals surface area contributed by atoms with E-state index in [1.165, 1.54) is 0 Å². The molecule has 0 heterocycles. The molecule has 0 unspecified atom stereocenters. The fourth-order valence-corrected chi connectivity index (χ4v) is 2.20. The summed E-state index contributed by atoms with van der Waals surface area (Å²) in [6.07, 6.45) is 0. The third-order valence-electron chi connectivity index (χ3n) is 2.96. The Balaban J connectivity index is 1.78. The topological polar surface area (TPSA) is 91.2 Å². The Morgan fingerprint density at radius 1 is 1.08 bits per heavy atom. The molecule has 0 spiro atoms. The Kier molecular flexibility index (Phi) is 6.34. The number of hydrogen-bond acceptors (Lipinski definition) is 4. The molecule has 0 aliphatic heterocycles. The van der Waals surface area contributed by atoms with Crippen LogP contribution in [0.15, 0.2) is 53.0 Å². The van der Waals surface area contributed by atoms with Crippen LogP contribution in [-0.2, 0) is 9.59 Å². The molecule has 6 nitrogen and oxygen atoms in total. The second-order valence-electron chi connectivity index (χ2n) is 4.70. The maximum absolute atomic E-state index is 11.8. The van der Waals surface area contributed by atoms with Crippen molar-refractivity contribution in [3.8, 4) is 11.8 Å². The van der Waals surface area contributed by atoms with E-state index < -0.39 is 5.91 Å². The lowest BCUT2D eigenvalue weighted by atomic mass is 10.2. The minimum absolute atomic E-state index is 0.177. The van der Waals surface area contributed by atoms with E-state index in [-0.39, 0.29) is 19.1 Å². The van der Waals surface area contributed by atoms with Gasteiger partial charge in [0, 0.05) is 4.47 Å². The Hall–Kier alpha value is -2.85. The number of rotatable bonds is 6. The van der Waals surface area contributed by atoms with Crippen molar-refractivity contribution in [2.24, 2.45) is 0 Å². The normalized spacial score (nSPS) is 9.67. The molecule has 2 aromatic carbocycles. The molecule has 0 radical (unpaired) electrons. The lowest BCUT2D eigenvalue weighted by molar-refractivity contribution is -0.125. The molecule has 0 aromatic heterocycles. The third-order valence-corrected chi connectivity index (χ3v) is 3.65. The fraction of sp³-hybridized carbons (Fsp3) is 0.118. The van der Waals surface area contributed by atoms with Crippen molar-refractivity contribution < 1.29 is 14.3 Å². The van der Waals surface area contributed by atoms with Crippen LogP contribution in [0.3, 0.4) is 0 Å². The largest absolute Gasteiger partial charge is 0.482 e. The van der Waals surface area contributed by atoms with E-state index in [2.05, 4.69) is 26.6 Å². The van der Waals surface area contributed by atoms with Crippen molar-refractivity contribution in [2.75, 3.05) is 18.5 Å². The van der Waals surface area contributed by atoms with Crippen LogP contribution in [0.5, 0.6) is 5.75 Å². The SMILES string of the molecule is N#Cc1ccccc1OCC(=O)NCC(=O)Nc1ccccc1Br. The van der Waals surface area contributed by atoms with Crippen molar-refractivity contribution in [1.82, 2.24) is 5.32 Å². The molecule has 0 fully saturated rings. The molecule has 2 N–H and O–H groups in total. The molecular formula is C17H14BrN3O3. The summed E-state index contributed by atoms with van der Waals surface area (Å²) >= 11 is 3.32. The van der Waals surface area contributed by atoms with Crippen molar-refractivity contribution >= 4 is 33.4 Å². The summed E-state index contributed by atoms with van der Waals surface area (Å²) in [4.78, 5) is 23.5. The maximum Gasteiger partial charge on any atom is 0.258 e. The summed E-state index contributed by atoms with van der Waals surface area (Å²) in [5, 5.41) is 14.1. The summed E-state index contributed by atoms with van der Waals surface area (Å²) in [6.45, 7) is -0.454. The molecule has 0 aliphatic rings. The second kappa shape index (κ2) is 8.70. The zero-order chi connectivity index (χ0) is 17.4. The molecular weight excluding hydrogens is 374 g/mol. The highest BCUT2D eigenvalue weighted by Gasteiger charge is 2.09. The van der Waals surface area contributed by atoms with Crippen LogP contribution in [0.25, 0.3) is 0 Å². The number of amides is 2. The zero-order valence-corrected chi connectivity index (χ0v) is 14.2. The Morgan fingerprint density at radius 3 is 2.54 bits per heavy atom. The molecule has 0 aliphatic carbocycles. The van der Waals surface area contributed by atoms with E-state index in [0.29, 0.717) is 17.0 Å². The van der Waals surface area contributed by atoms with Gasteiger partial charge in [-0.25, -0.2) is 0 Å². The number of ether oxygens (including phenoxy) is 1. The van der Waals surface area contributed by atoms with Gasteiger partial charge in [0.2, 0.25) is 5.91 Å². The Labute approximate surface area is 147 Å². The number of para-hydroxylation sites is 2. The number of anilines is 1. The Bertz CT molecular complexity index is 787. The van der Waals surface area contributed by atoms with Crippen LogP contribution in [-0.4, -0.2) is 25.0 Å². The quantitative estimate of drug-likeness (QED) is 0.796. The molecule has 7 heteroatoms. The molecule has 0 atom stereocenters. The molecule has 2 amide bonds. The first-order valence-corrected chi connectivity index (χ1v) is 7.82. The average Bonchev–Trinajstić information content (AvgIpc) is 2.60. The molecule has 122 valence electrons. The van der Waals surface area contributed by atoms with E-state index in [4.69, 9.17) is 10.00 Å². The predicted molar refractivity (Wildman–Crippen MR) is 92.4 cm³/mol. The van der Waals surface area contributed by atoms with Gasteiger partial charge in [-0.3, -0.25) is 9.59 Å². The number of nitriles is 1. The molecule has 24 heavy (non-hydrogen) atoms. The van der Waals surface area contributed by atoms with Gasteiger partial charge in [-0.05, 0) is 40.2 Å². The number of carbonyl (C=O) groups is 2. The number of carbonyl (C=O) groups excluding carboxylic acids is 2. The predicted octanol–water partition coefficient (Wildman–Crippen LogP) is 2.45. The Morgan fingerprint density at radius 2 is 1.79 bits per heavy atom. The van der Waals surface area contributed by atoms with Gasteiger partial charge in [0.1, 0.15) is 11.8 Å². The van der Waals surface area contributed by atoms with Crippen molar-refractivity contribution in [2.45, 2.75) is 0 Å². The van der Waals surface area contributed by atoms with Crippen LogP contribution >= 0.6 is 15.9 Å². The highest BCUT2D eigenvalue weighted by Crippen LogP contribution is 2.20. The van der Waals surface area contributed by atoms with Crippen LogP contribution < -0.4 is 15.4 Å². The van der Waals surface area contributed by atoms with Gasteiger partial charge in [-0.1, -0.05) is 24.3 Å². The first-order chi connectivity index (χ1) is 11.6. The van der Waals surface area contributed by atoms with Crippen LogP contribution in [0.1, 0.15) is 5.56 Å². The molecule has 0 saturated heterocycles. The first kappa shape index (κ1) is 17.5. The standard InChI is InChI=1S/C17H14BrN3O3/c18-13-6-2-3-7-14(13)21-16(22)10-20-17(23)11-24-15-8-4-1-5-12(15)9-19/h1-8H,10-11H2,(H,20,23)(H,21,22). The van der Waals surface area contributed by atoms with Gasteiger partial charge in [-0.15, -0.1) is 0 Å². The summed E-state index contributed by atoms with van der Waals surface area (Å²) in [7, 11) is 0. The average molecular weight is 388 g/mol. The summed E-state index contributed by atoms with van der Waals surface area (Å²) in [6, 6.07) is 15.8. The maximum atomic E-state index is 11.8. The fourth-order valence-electron chi connectivity index (χ4n) is 1.82. The second-order valence-corrected chi connectivity index (χ2v) is 5.56. The highest BCUT2D eigenvalue weighted by molar-refractivity contribution is 9.10. The van der Waals surface area contributed by atoms with Crippen LogP contribution in [0.4, 0.5) is 5.69 Å². The van der Waals surface area contributed by atoms with Crippen molar-refractivity contribution in [1.29, 1.82) is 5.26 Å². The first-order valence-electron chi connectivity index (χ1n) is 7.03. The van der Waals surface area contributed by atoms with Gasteiger partial charge >= 0.3 is 0 Å². The third kappa shape index (κ3) is 5.11. The van der Waals surface area contributed by atoms with Gasteiger partial charge < -0.3 is 15.4 Å². The number of hydrogen-bond donors (Lipinski definition) is 2.